The largest absolute Gasteiger partial charge is 0.508 e. The maximum absolute atomic E-state index is 12.7. The highest BCUT2D eigenvalue weighted by Gasteiger charge is 2.38. The minimum Gasteiger partial charge on any atom is -0.508 e. The highest BCUT2D eigenvalue weighted by molar-refractivity contribution is 5.82. The number of nitrogens with one attached hydrogen (secondary N) is 1. The normalized spacial score (nSPS) is 15.8. The second kappa shape index (κ2) is 5.77. The summed E-state index contributed by atoms with van der Waals surface area (Å²) < 4.78 is 1.61. The minimum atomic E-state index is -0.288. The van der Waals surface area contributed by atoms with Crippen LogP contribution in [0.25, 0.3) is 11.3 Å². The molecule has 2 aromatic carbocycles. The van der Waals surface area contributed by atoms with Gasteiger partial charge in [-0.15, -0.1) is 0 Å². The van der Waals surface area contributed by atoms with Crippen LogP contribution in [0.2, 0.25) is 0 Å². The van der Waals surface area contributed by atoms with Crippen LogP contribution in [0.5, 0.6) is 5.75 Å². The second-order valence-electron chi connectivity index (χ2n) is 5.80. The maximum Gasteiger partial charge on any atom is 0.359 e. The fourth-order valence-electron chi connectivity index (χ4n) is 2.88. The van der Waals surface area contributed by atoms with E-state index < -0.39 is 0 Å². The molecule has 0 radical (unpaired) electrons. The van der Waals surface area contributed by atoms with Gasteiger partial charge in [0.2, 0.25) is 0 Å². The van der Waals surface area contributed by atoms with Crippen molar-refractivity contribution in [3.8, 4) is 17.0 Å². The fraction of sp³-hybridized carbons (Fsp3) is 0.105. The van der Waals surface area contributed by atoms with Crippen LogP contribution in [-0.2, 0) is 6.42 Å². The molecule has 0 spiro atoms. The standard InChI is InChI=1S/C19H15N3O2/c23-15-8-6-14(7-9-15)17-12-22-18(11-20-17)21-16(19(22)24)10-13-4-2-1-3-5-13/h1-9,11-12,16,23H,10H2/p+1. The third-order valence-electron chi connectivity index (χ3n) is 4.14. The summed E-state index contributed by atoms with van der Waals surface area (Å²) in [7, 11) is 0. The first kappa shape index (κ1) is 14.4. The Labute approximate surface area is 139 Å². The van der Waals surface area contributed by atoms with E-state index in [1.54, 1.807) is 41.2 Å². The quantitative estimate of drug-likeness (QED) is 0.728. The third kappa shape index (κ3) is 2.60. The molecule has 5 nitrogen and oxygen atoms in total. The summed E-state index contributed by atoms with van der Waals surface area (Å²) in [5.74, 6) is 0.910. The number of hydrogen-bond donors (Lipinski definition) is 2. The van der Waals surface area contributed by atoms with Crippen LogP contribution in [-0.4, -0.2) is 22.0 Å². The Bertz CT molecular complexity index is 892. The molecular weight excluding hydrogens is 302 g/mol. The topological polar surface area (TPSA) is 66.1 Å². The van der Waals surface area contributed by atoms with Gasteiger partial charge in [-0.05, 0) is 29.8 Å². The van der Waals surface area contributed by atoms with Crippen LogP contribution in [0.3, 0.4) is 0 Å². The molecule has 4 rings (SSSR count). The van der Waals surface area contributed by atoms with Gasteiger partial charge in [0.1, 0.15) is 23.8 Å². The molecule has 0 fully saturated rings. The monoisotopic (exact) mass is 318 g/mol. The number of benzene rings is 2. The third-order valence-corrected chi connectivity index (χ3v) is 4.14. The molecule has 118 valence electrons. The van der Waals surface area contributed by atoms with Crippen LogP contribution < -0.4 is 9.88 Å². The van der Waals surface area contributed by atoms with E-state index in [-0.39, 0.29) is 17.7 Å². The number of aromatic hydroxyl groups is 1. The van der Waals surface area contributed by atoms with Gasteiger partial charge < -0.3 is 5.11 Å². The van der Waals surface area contributed by atoms with E-state index in [4.69, 9.17) is 0 Å². The number of fused-ring (bicyclic) bond motifs is 1. The number of aromatic nitrogens is 2. The molecule has 0 amide bonds. The summed E-state index contributed by atoms with van der Waals surface area (Å²) in [6.07, 6.45) is 4.04. The minimum absolute atomic E-state index is 0.0104. The molecule has 0 saturated heterocycles. The second-order valence-corrected chi connectivity index (χ2v) is 5.80. The number of rotatable bonds is 3. The van der Waals surface area contributed by atoms with Crippen LogP contribution in [0, 0.1) is 0 Å². The molecule has 1 aromatic heterocycles. The van der Waals surface area contributed by atoms with Gasteiger partial charge in [-0.1, -0.05) is 30.3 Å². The number of hydrogen-bond acceptors (Lipinski definition) is 4. The predicted molar refractivity (Wildman–Crippen MR) is 89.7 cm³/mol. The zero-order chi connectivity index (χ0) is 16.5. The molecule has 1 atom stereocenters. The van der Waals surface area contributed by atoms with Crippen molar-refractivity contribution in [2.75, 3.05) is 5.32 Å². The molecule has 1 aliphatic heterocycles. The Kier molecular flexibility index (Phi) is 3.46. The molecular formula is C19H16N3O2+. The molecule has 2 heterocycles. The Morgan fingerprint density at radius 1 is 1.08 bits per heavy atom. The van der Waals surface area contributed by atoms with Crippen molar-refractivity contribution in [1.29, 1.82) is 0 Å². The van der Waals surface area contributed by atoms with Gasteiger partial charge in [0.25, 0.3) is 0 Å². The molecule has 5 heteroatoms. The molecule has 0 aliphatic carbocycles. The van der Waals surface area contributed by atoms with Gasteiger partial charge in [-0.3, -0.25) is 5.32 Å². The highest BCUT2D eigenvalue weighted by Crippen LogP contribution is 2.21. The summed E-state index contributed by atoms with van der Waals surface area (Å²) >= 11 is 0. The molecule has 3 aromatic rings. The van der Waals surface area contributed by atoms with E-state index in [0.717, 1.165) is 11.1 Å². The van der Waals surface area contributed by atoms with Crippen molar-refractivity contribution in [3.63, 3.8) is 0 Å². The first-order valence-electron chi connectivity index (χ1n) is 7.76. The summed E-state index contributed by atoms with van der Waals surface area (Å²) in [6, 6.07) is 16.4. The first-order valence-corrected chi connectivity index (χ1v) is 7.76. The zero-order valence-electron chi connectivity index (χ0n) is 12.9. The van der Waals surface area contributed by atoms with E-state index in [9.17, 15) is 9.90 Å². The van der Waals surface area contributed by atoms with E-state index >= 15 is 0 Å². The number of phenols is 1. The number of phenolic OH excluding ortho intramolecular Hbond substituents is 1. The molecule has 2 N–H and O–H groups in total. The van der Waals surface area contributed by atoms with E-state index in [0.29, 0.717) is 17.9 Å². The lowest BCUT2D eigenvalue weighted by Crippen LogP contribution is -2.43. The lowest BCUT2D eigenvalue weighted by molar-refractivity contribution is -0.552. The highest BCUT2D eigenvalue weighted by atomic mass is 16.3. The van der Waals surface area contributed by atoms with Crippen LogP contribution in [0.4, 0.5) is 5.82 Å². The average molecular weight is 318 g/mol. The van der Waals surface area contributed by atoms with Gasteiger partial charge in [-0.2, -0.15) is 4.57 Å². The van der Waals surface area contributed by atoms with Crippen LogP contribution in [0.1, 0.15) is 10.4 Å². The number of anilines is 1. The summed E-state index contributed by atoms with van der Waals surface area (Å²) in [5, 5.41) is 12.6. The molecule has 1 unspecified atom stereocenters. The zero-order valence-corrected chi connectivity index (χ0v) is 12.9. The molecule has 0 saturated carbocycles. The van der Waals surface area contributed by atoms with Crippen LogP contribution in [0.15, 0.2) is 67.0 Å². The van der Waals surface area contributed by atoms with Gasteiger partial charge >= 0.3 is 11.7 Å². The van der Waals surface area contributed by atoms with Crippen LogP contribution >= 0.6 is 0 Å². The van der Waals surface area contributed by atoms with Gasteiger partial charge in [-0.25, -0.2) is 9.78 Å². The van der Waals surface area contributed by atoms with Gasteiger partial charge in [0.15, 0.2) is 6.04 Å². The summed E-state index contributed by atoms with van der Waals surface area (Å²) in [6.45, 7) is 0. The average Bonchev–Trinajstić information content (AvgIpc) is 2.92. The molecule has 0 bridgehead atoms. The Hall–Kier alpha value is -3.21. The summed E-state index contributed by atoms with van der Waals surface area (Å²) in [5.41, 5.74) is 2.65. The van der Waals surface area contributed by atoms with Crippen molar-refractivity contribution in [2.24, 2.45) is 0 Å². The molecule has 24 heavy (non-hydrogen) atoms. The van der Waals surface area contributed by atoms with Crippen molar-refractivity contribution >= 4 is 11.7 Å². The fourth-order valence-corrected chi connectivity index (χ4v) is 2.88. The first-order chi connectivity index (χ1) is 11.7. The Morgan fingerprint density at radius 2 is 1.83 bits per heavy atom. The lowest BCUT2D eigenvalue weighted by atomic mass is 10.1. The van der Waals surface area contributed by atoms with Crippen molar-refractivity contribution in [1.82, 2.24) is 4.98 Å². The number of carbonyl (C=O) groups excluding carboxylic acids is 1. The van der Waals surface area contributed by atoms with Gasteiger partial charge in [0, 0.05) is 12.0 Å². The lowest BCUT2D eigenvalue weighted by Gasteiger charge is -2.02. The summed E-state index contributed by atoms with van der Waals surface area (Å²) in [4.78, 5) is 17.1. The molecule has 1 aliphatic rings. The van der Waals surface area contributed by atoms with Crippen molar-refractivity contribution in [2.45, 2.75) is 12.5 Å². The predicted octanol–water partition coefficient (Wildman–Crippen LogP) is 2.42. The van der Waals surface area contributed by atoms with Crippen molar-refractivity contribution < 1.29 is 14.5 Å². The maximum atomic E-state index is 12.7. The van der Waals surface area contributed by atoms with E-state index in [2.05, 4.69) is 10.3 Å². The smallest absolute Gasteiger partial charge is 0.359 e. The van der Waals surface area contributed by atoms with E-state index in [1.165, 1.54) is 0 Å². The number of nitrogens with zero attached hydrogens (tertiary/aromatic N) is 2. The number of carbonyl (C=O) groups is 1. The Balaban J connectivity index is 1.61. The van der Waals surface area contributed by atoms with Gasteiger partial charge in [0.05, 0.1) is 0 Å². The Morgan fingerprint density at radius 3 is 2.58 bits per heavy atom. The van der Waals surface area contributed by atoms with E-state index in [1.807, 2.05) is 30.3 Å². The van der Waals surface area contributed by atoms with Crippen molar-refractivity contribution in [3.05, 3.63) is 72.6 Å². The SMILES string of the molecule is O=C1C(Cc2ccccc2)Nc2cnc(-c3ccc(O)cc3)c[n+]21.